The molecule has 0 fully saturated rings. The van der Waals surface area contributed by atoms with Gasteiger partial charge in [-0.2, -0.15) is 0 Å². The van der Waals surface area contributed by atoms with Crippen molar-refractivity contribution in [1.82, 2.24) is 14.8 Å². The van der Waals surface area contributed by atoms with E-state index in [4.69, 9.17) is 0 Å². The highest BCUT2D eigenvalue weighted by Crippen LogP contribution is 2.39. The average molecular weight is 521 g/mol. The highest BCUT2D eigenvalue weighted by Gasteiger charge is 2.38. The van der Waals surface area contributed by atoms with Gasteiger partial charge >= 0.3 is 0 Å². The summed E-state index contributed by atoms with van der Waals surface area (Å²) in [4.78, 5) is 2.41. The lowest BCUT2D eigenvalue weighted by atomic mass is 10.1. The summed E-state index contributed by atoms with van der Waals surface area (Å²) < 4.78 is 2.14. The third-order valence-corrected chi connectivity index (χ3v) is 11.3. The first-order valence-corrected chi connectivity index (χ1v) is 16.3. The molecule has 0 aliphatic carbocycles. The van der Waals surface area contributed by atoms with Crippen molar-refractivity contribution in [1.29, 1.82) is 0 Å². The van der Waals surface area contributed by atoms with Gasteiger partial charge in [0, 0.05) is 33.9 Å². The summed E-state index contributed by atoms with van der Waals surface area (Å²) in [7, 11) is -1.81. The predicted octanol–water partition coefficient (Wildman–Crippen LogP) is 7.21. The Morgan fingerprint density at radius 2 is 0.923 bits per heavy atom. The van der Waals surface area contributed by atoms with E-state index in [1.807, 2.05) is 36.4 Å². The minimum absolute atomic E-state index is 0.819. The molecular weight excluding hydrogens is 492 g/mol. The maximum atomic E-state index is 4.68. The smallest absolute Gasteiger partial charge is 0.168 e. The molecule has 5 heteroatoms. The van der Waals surface area contributed by atoms with E-state index < -0.39 is 8.07 Å². The number of aromatic nitrogens is 3. The van der Waals surface area contributed by atoms with Gasteiger partial charge in [-0.05, 0) is 58.9 Å². The van der Waals surface area contributed by atoms with Crippen LogP contribution in [-0.4, -0.2) is 22.8 Å². The van der Waals surface area contributed by atoms with Gasteiger partial charge < -0.3 is 4.90 Å². The van der Waals surface area contributed by atoms with Crippen LogP contribution in [0.4, 0.5) is 17.1 Å². The van der Waals surface area contributed by atoms with E-state index in [2.05, 4.69) is 130 Å². The number of rotatable bonds is 4. The summed E-state index contributed by atoms with van der Waals surface area (Å²) in [5.41, 5.74) is 6.78. The van der Waals surface area contributed by atoms with Gasteiger partial charge in [-0.3, -0.25) is 4.57 Å². The molecule has 0 saturated heterocycles. The Bertz CT molecular complexity index is 1720. The predicted molar refractivity (Wildman–Crippen MR) is 164 cm³/mol. The van der Waals surface area contributed by atoms with Gasteiger partial charge in [-0.15, -0.1) is 10.2 Å². The molecule has 0 radical (unpaired) electrons. The minimum atomic E-state index is -1.81. The van der Waals surface area contributed by atoms with Crippen LogP contribution in [-0.2, 0) is 0 Å². The summed E-state index contributed by atoms with van der Waals surface area (Å²) >= 11 is 0. The lowest BCUT2D eigenvalue weighted by Gasteiger charge is -2.41. The molecule has 39 heavy (non-hydrogen) atoms. The van der Waals surface area contributed by atoms with Gasteiger partial charge in [0.15, 0.2) is 11.6 Å². The second-order valence-electron chi connectivity index (χ2n) is 10.4. The monoisotopic (exact) mass is 520 g/mol. The molecule has 0 amide bonds. The third kappa shape index (κ3) is 3.82. The zero-order chi connectivity index (χ0) is 26.4. The SMILES string of the molecule is C[Si]1(C)c2ccccc2N(c2ccc(-c3nnc(-c4ccccc4)n3-c3ccccc3)cc2)c2ccccc21. The number of hydrogen-bond acceptors (Lipinski definition) is 3. The van der Waals surface area contributed by atoms with Crippen LogP contribution in [0.3, 0.4) is 0 Å². The Morgan fingerprint density at radius 1 is 0.462 bits per heavy atom. The first kappa shape index (κ1) is 23.4. The van der Waals surface area contributed by atoms with Crippen molar-refractivity contribution >= 4 is 35.5 Å². The molecule has 1 aromatic heterocycles. The molecule has 7 rings (SSSR count). The van der Waals surface area contributed by atoms with Gasteiger partial charge in [-0.1, -0.05) is 98.0 Å². The number of hydrogen-bond donors (Lipinski definition) is 0. The topological polar surface area (TPSA) is 34.0 Å². The third-order valence-electron chi connectivity index (χ3n) is 7.73. The first-order chi connectivity index (χ1) is 19.1. The van der Waals surface area contributed by atoms with Gasteiger partial charge in [0.05, 0.1) is 0 Å². The molecule has 1 aliphatic rings. The van der Waals surface area contributed by atoms with Crippen LogP contribution in [0.1, 0.15) is 0 Å². The molecular formula is C34H28N4Si. The fourth-order valence-corrected chi connectivity index (χ4v) is 8.76. The van der Waals surface area contributed by atoms with Crippen molar-refractivity contribution in [3.63, 3.8) is 0 Å². The van der Waals surface area contributed by atoms with Crippen LogP contribution in [0.15, 0.2) is 133 Å². The maximum Gasteiger partial charge on any atom is 0.168 e. The Morgan fingerprint density at radius 3 is 1.49 bits per heavy atom. The van der Waals surface area contributed by atoms with Gasteiger partial charge in [0.1, 0.15) is 8.07 Å². The van der Waals surface area contributed by atoms with Crippen molar-refractivity contribution in [2.75, 3.05) is 4.90 Å². The number of benzene rings is 5. The lowest BCUT2D eigenvalue weighted by molar-refractivity contribution is 1.07. The first-order valence-electron chi connectivity index (χ1n) is 13.3. The zero-order valence-corrected chi connectivity index (χ0v) is 23.0. The van der Waals surface area contributed by atoms with E-state index in [1.54, 1.807) is 0 Å². The second-order valence-corrected chi connectivity index (χ2v) is 14.8. The standard InChI is InChI=1S/C34H28N4Si/c1-39(2)31-19-11-9-17-29(31)37(30-18-10-12-20-32(30)39)28-23-21-26(22-24-28)34-36-35-33(25-13-5-3-6-14-25)38(34)27-15-7-4-8-16-27/h3-24H,1-2H3. The van der Waals surface area contributed by atoms with E-state index in [-0.39, 0.29) is 0 Å². The molecule has 2 heterocycles. The summed E-state index contributed by atoms with van der Waals surface area (Å²) in [6, 6.07) is 47.1. The van der Waals surface area contributed by atoms with Crippen LogP contribution < -0.4 is 15.3 Å². The van der Waals surface area contributed by atoms with Crippen LogP contribution in [0.25, 0.3) is 28.5 Å². The summed E-state index contributed by atoms with van der Waals surface area (Å²) in [6.07, 6.45) is 0. The molecule has 1 aliphatic heterocycles. The molecule has 4 nitrogen and oxygen atoms in total. The van der Waals surface area contributed by atoms with Crippen LogP contribution >= 0.6 is 0 Å². The average Bonchev–Trinajstić information content (AvgIpc) is 3.44. The Kier molecular flexibility index (Phi) is 5.53. The quantitative estimate of drug-likeness (QED) is 0.230. The van der Waals surface area contributed by atoms with E-state index in [0.717, 1.165) is 34.2 Å². The molecule has 0 N–H and O–H groups in total. The van der Waals surface area contributed by atoms with Crippen LogP contribution in [0, 0.1) is 0 Å². The van der Waals surface area contributed by atoms with Crippen LogP contribution in [0.5, 0.6) is 0 Å². The Labute approximate surface area is 229 Å². The second kappa shape index (κ2) is 9.22. The molecule has 188 valence electrons. The largest absolute Gasteiger partial charge is 0.311 e. The Hall–Kier alpha value is -4.74. The minimum Gasteiger partial charge on any atom is -0.311 e. The summed E-state index contributed by atoms with van der Waals surface area (Å²) in [6.45, 7) is 4.90. The maximum absolute atomic E-state index is 4.68. The normalized spacial score (nSPS) is 13.5. The highest BCUT2D eigenvalue weighted by molar-refractivity contribution is 7.02. The molecule has 5 aromatic carbocycles. The van der Waals surface area contributed by atoms with Crippen molar-refractivity contribution in [2.24, 2.45) is 0 Å². The van der Waals surface area contributed by atoms with E-state index >= 15 is 0 Å². The van der Waals surface area contributed by atoms with Crippen molar-refractivity contribution in [3.8, 4) is 28.5 Å². The number of nitrogens with zero attached hydrogens (tertiary/aromatic N) is 4. The summed E-state index contributed by atoms with van der Waals surface area (Å²) in [5, 5.41) is 12.2. The molecule has 0 bridgehead atoms. The lowest BCUT2D eigenvalue weighted by Crippen LogP contribution is -2.58. The number of para-hydroxylation sites is 3. The van der Waals surface area contributed by atoms with Crippen LogP contribution in [0.2, 0.25) is 13.1 Å². The molecule has 0 saturated carbocycles. The fourth-order valence-electron chi connectivity index (χ4n) is 5.77. The van der Waals surface area contributed by atoms with E-state index in [9.17, 15) is 0 Å². The molecule has 0 atom stereocenters. The molecule has 6 aromatic rings. The number of fused-ring (bicyclic) bond motifs is 2. The van der Waals surface area contributed by atoms with Gasteiger partial charge in [0.25, 0.3) is 0 Å². The summed E-state index contributed by atoms with van der Waals surface area (Å²) in [5.74, 6) is 1.64. The highest BCUT2D eigenvalue weighted by atomic mass is 28.3. The van der Waals surface area contributed by atoms with Crippen molar-refractivity contribution in [3.05, 3.63) is 133 Å². The molecule has 0 spiro atoms. The van der Waals surface area contributed by atoms with Crippen molar-refractivity contribution in [2.45, 2.75) is 13.1 Å². The van der Waals surface area contributed by atoms with E-state index in [1.165, 1.54) is 21.7 Å². The fraction of sp³-hybridized carbons (Fsp3) is 0.0588. The van der Waals surface area contributed by atoms with Crippen molar-refractivity contribution < 1.29 is 0 Å². The Balaban J connectivity index is 1.35. The van der Waals surface area contributed by atoms with E-state index in [0.29, 0.717) is 0 Å². The van der Waals surface area contributed by atoms with Gasteiger partial charge in [0.2, 0.25) is 0 Å². The number of anilines is 3. The zero-order valence-electron chi connectivity index (χ0n) is 22.0. The molecule has 0 unspecified atom stereocenters. The van der Waals surface area contributed by atoms with Gasteiger partial charge in [-0.25, -0.2) is 0 Å².